The van der Waals surface area contributed by atoms with Crippen molar-refractivity contribution < 1.29 is 19.7 Å². The summed E-state index contributed by atoms with van der Waals surface area (Å²) in [7, 11) is 1.48. The van der Waals surface area contributed by atoms with Gasteiger partial charge in [0.2, 0.25) is 0 Å². The normalized spacial score (nSPS) is 30.1. The number of hydrogen-bond donors (Lipinski definition) is 2. The Kier molecular flexibility index (Phi) is 4.07. The van der Waals surface area contributed by atoms with Crippen molar-refractivity contribution in [3.05, 3.63) is 0 Å². The van der Waals surface area contributed by atoms with Crippen LogP contribution < -0.4 is 0 Å². The van der Waals surface area contributed by atoms with E-state index in [-0.39, 0.29) is 6.61 Å². The number of carboxylic acids is 1. The van der Waals surface area contributed by atoms with E-state index in [0.29, 0.717) is 13.1 Å². The summed E-state index contributed by atoms with van der Waals surface area (Å²) in [4.78, 5) is 12.8. The lowest BCUT2D eigenvalue weighted by Gasteiger charge is -2.39. The Labute approximate surface area is 89.6 Å². The first kappa shape index (κ1) is 12.4. The molecule has 0 spiro atoms. The predicted octanol–water partition coefficient (Wildman–Crippen LogP) is -0.0672. The number of likely N-dealkylation sites (tertiary alicyclic amines) is 1. The topological polar surface area (TPSA) is 70.0 Å². The number of hydrogen-bond acceptors (Lipinski definition) is 4. The van der Waals surface area contributed by atoms with Crippen molar-refractivity contribution in [2.75, 3.05) is 26.8 Å². The van der Waals surface area contributed by atoms with Gasteiger partial charge in [0.05, 0.1) is 12.2 Å². The summed E-state index contributed by atoms with van der Waals surface area (Å²) in [5.41, 5.74) is -0.778. The highest BCUT2D eigenvalue weighted by Crippen LogP contribution is 2.22. The molecular weight excluding hydrogens is 198 g/mol. The molecule has 15 heavy (non-hydrogen) atoms. The molecule has 0 aromatic carbocycles. The number of ether oxygens (including phenoxy) is 1. The van der Waals surface area contributed by atoms with Crippen LogP contribution in [0.2, 0.25) is 0 Å². The third-order valence-corrected chi connectivity index (χ3v) is 2.75. The van der Waals surface area contributed by atoms with Crippen LogP contribution in [0.5, 0.6) is 0 Å². The van der Waals surface area contributed by atoms with E-state index >= 15 is 0 Å². The summed E-state index contributed by atoms with van der Waals surface area (Å²) < 4.78 is 4.88. The predicted molar refractivity (Wildman–Crippen MR) is 54.7 cm³/mol. The van der Waals surface area contributed by atoms with E-state index in [0.717, 1.165) is 12.8 Å². The van der Waals surface area contributed by atoms with Crippen molar-refractivity contribution in [2.45, 2.75) is 31.4 Å². The summed E-state index contributed by atoms with van der Waals surface area (Å²) in [5.74, 6) is -0.894. The van der Waals surface area contributed by atoms with Crippen LogP contribution in [0.4, 0.5) is 0 Å². The fraction of sp³-hybridized carbons (Fsp3) is 0.900. The number of aliphatic carboxylic acids is 1. The van der Waals surface area contributed by atoms with Gasteiger partial charge in [0.15, 0.2) is 0 Å². The first-order valence-corrected chi connectivity index (χ1v) is 5.14. The second-order valence-corrected chi connectivity index (χ2v) is 4.38. The second kappa shape index (κ2) is 4.92. The van der Waals surface area contributed by atoms with Crippen molar-refractivity contribution in [3.63, 3.8) is 0 Å². The average Bonchev–Trinajstić information content (AvgIpc) is 2.11. The molecule has 0 aromatic rings. The molecule has 0 aromatic heterocycles. The van der Waals surface area contributed by atoms with Crippen LogP contribution in [0.25, 0.3) is 0 Å². The van der Waals surface area contributed by atoms with Gasteiger partial charge >= 0.3 is 5.97 Å². The van der Waals surface area contributed by atoms with Gasteiger partial charge in [0.1, 0.15) is 6.04 Å². The lowest BCUT2D eigenvalue weighted by molar-refractivity contribution is -0.148. The van der Waals surface area contributed by atoms with Crippen LogP contribution in [0.1, 0.15) is 19.8 Å². The van der Waals surface area contributed by atoms with Gasteiger partial charge in [-0.1, -0.05) is 0 Å². The average molecular weight is 217 g/mol. The first-order valence-electron chi connectivity index (χ1n) is 5.14. The van der Waals surface area contributed by atoms with Gasteiger partial charge in [-0.3, -0.25) is 9.69 Å². The molecule has 0 amide bonds. The van der Waals surface area contributed by atoms with Crippen LogP contribution in [0, 0.1) is 0 Å². The quantitative estimate of drug-likeness (QED) is 0.690. The van der Waals surface area contributed by atoms with E-state index in [2.05, 4.69) is 0 Å². The van der Waals surface area contributed by atoms with E-state index < -0.39 is 17.6 Å². The SMILES string of the molecule is COCC(C(=O)O)N1CCCC(C)(O)C1. The maximum atomic E-state index is 11.0. The summed E-state index contributed by atoms with van der Waals surface area (Å²) in [6.07, 6.45) is 1.54. The molecule has 2 N–H and O–H groups in total. The van der Waals surface area contributed by atoms with E-state index in [9.17, 15) is 9.90 Å². The standard InChI is InChI=1S/C10H19NO4/c1-10(14)4-3-5-11(7-10)8(6-15-2)9(12)13/h8,14H,3-7H2,1-2H3,(H,12,13). The lowest BCUT2D eigenvalue weighted by Crippen LogP contribution is -2.54. The summed E-state index contributed by atoms with van der Waals surface area (Å²) in [5, 5.41) is 18.9. The molecule has 0 radical (unpaired) electrons. The van der Waals surface area contributed by atoms with E-state index in [1.54, 1.807) is 11.8 Å². The number of carboxylic acid groups (broad SMARTS) is 1. The van der Waals surface area contributed by atoms with Gasteiger partial charge in [0, 0.05) is 13.7 Å². The number of aliphatic hydroxyl groups is 1. The minimum atomic E-state index is -0.894. The fourth-order valence-corrected chi connectivity index (χ4v) is 2.02. The molecule has 1 saturated heterocycles. The molecule has 1 rings (SSSR count). The summed E-state index contributed by atoms with van der Waals surface area (Å²) in [6.45, 7) is 3.00. The fourth-order valence-electron chi connectivity index (χ4n) is 2.02. The van der Waals surface area contributed by atoms with Crippen LogP contribution in [0.3, 0.4) is 0 Å². The summed E-state index contributed by atoms with van der Waals surface area (Å²) >= 11 is 0. The van der Waals surface area contributed by atoms with Crippen molar-refractivity contribution in [2.24, 2.45) is 0 Å². The number of nitrogens with zero attached hydrogens (tertiary/aromatic N) is 1. The van der Waals surface area contributed by atoms with Crippen molar-refractivity contribution in [1.82, 2.24) is 4.90 Å². The monoisotopic (exact) mass is 217 g/mol. The Morgan fingerprint density at radius 1 is 1.67 bits per heavy atom. The Balaban J connectivity index is 2.63. The molecular formula is C10H19NO4. The molecule has 0 aliphatic carbocycles. The van der Waals surface area contributed by atoms with E-state index in [1.165, 1.54) is 7.11 Å². The first-order chi connectivity index (χ1) is 6.96. The van der Waals surface area contributed by atoms with Crippen molar-refractivity contribution in [3.8, 4) is 0 Å². The van der Waals surface area contributed by atoms with Crippen molar-refractivity contribution >= 4 is 5.97 Å². The molecule has 2 unspecified atom stereocenters. The zero-order valence-electron chi connectivity index (χ0n) is 9.27. The van der Waals surface area contributed by atoms with Gasteiger partial charge < -0.3 is 14.9 Å². The van der Waals surface area contributed by atoms with Crippen LogP contribution >= 0.6 is 0 Å². The molecule has 1 aliphatic rings. The maximum absolute atomic E-state index is 11.0. The zero-order chi connectivity index (χ0) is 11.5. The molecule has 88 valence electrons. The number of carbonyl (C=O) groups is 1. The Hall–Kier alpha value is -0.650. The smallest absolute Gasteiger partial charge is 0.323 e. The molecule has 1 aliphatic heterocycles. The molecule has 5 nitrogen and oxygen atoms in total. The Morgan fingerprint density at radius 3 is 2.80 bits per heavy atom. The van der Waals surface area contributed by atoms with Crippen LogP contribution in [-0.4, -0.2) is 59.5 Å². The number of methoxy groups -OCH3 is 1. The van der Waals surface area contributed by atoms with Gasteiger partial charge in [0.25, 0.3) is 0 Å². The highest BCUT2D eigenvalue weighted by Gasteiger charge is 2.34. The number of rotatable bonds is 4. The largest absolute Gasteiger partial charge is 0.480 e. The third-order valence-electron chi connectivity index (χ3n) is 2.75. The van der Waals surface area contributed by atoms with Gasteiger partial charge in [-0.25, -0.2) is 0 Å². The number of β-amino-alcohol motifs (C(OH)–C–C–N with tert-alkyl or cyclic N) is 1. The highest BCUT2D eigenvalue weighted by atomic mass is 16.5. The Morgan fingerprint density at radius 2 is 2.33 bits per heavy atom. The molecule has 0 saturated carbocycles. The maximum Gasteiger partial charge on any atom is 0.323 e. The summed E-state index contributed by atoms with van der Waals surface area (Å²) in [6, 6.07) is -0.651. The molecule has 0 bridgehead atoms. The highest BCUT2D eigenvalue weighted by molar-refractivity contribution is 5.73. The van der Waals surface area contributed by atoms with Gasteiger partial charge in [-0.15, -0.1) is 0 Å². The van der Waals surface area contributed by atoms with Gasteiger partial charge in [-0.05, 0) is 26.3 Å². The minimum absolute atomic E-state index is 0.158. The van der Waals surface area contributed by atoms with Crippen LogP contribution in [-0.2, 0) is 9.53 Å². The molecule has 1 heterocycles. The Bertz CT molecular complexity index is 229. The third kappa shape index (κ3) is 3.44. The minimum Gasteiger partial charge on any atom is -0.480 e. The molecule has 5 heteroatoms. The van der Waals surface area contributed by atoms with E-state index in [4.69, 9.17) is 9.84 Å². The van der Waals surface area contributed by atoms with Crippen LogP contribution in [0.15, 0.2) is 0 Å². The zero-order valence-corrected chi connectivity index (χ0v) is 9.27. The lowest BCUT2D eigenvalue weighted by atomic mass is 9.94. The molecule has 2 atom stereocenters. The van der Waals surface area contributed by atoms with Crippen molar-refractivity contribution in [1.29, 1.82) is 0 Å². The second-order valence-electron chi connectivity index (χ2n) is 4.38. The number of piperidine rings is 1. The van der Waals surface area contributed by atoms with E-state index in [1.807, 2.05) is 0 Å². The van der Waals surface area contributed by atoms with Gasteiger partial charge in [-0.2, -0.15) is 0 Å². The molecule has 1 fully saturated rings.